The molecule has 0 N–H and O–H groups in total. The molecule has 0 aliphatic carbocycles. The largest absolute Gasteiger partial charge is 0.372 e. The number of fused-ring (bicyclic) bond motifs is 1. The van der Waals surface area contributed by atoms with Gasteiger partial charge in [0, 0.05) is 30.0 Å². The number of hydrogen-bond donors (Lipinski definition) is 0. The van der Waals surface area contributed by atoms with Gasteiger partial charge in [-0.05, 0) is 50.2 Å². The summed E-state index contributed by atoms with van der Waals surface area (Å²) in [5, 5.41) is 0. The van der Waals surface area contributed by atoms with Crippen molar-refractivity contribution in [2.24, 2.45) is 0 Å². The summed E-state index contributed by atoms with van der Waals surface area (Å²) in [5.74, 6) is 0.974. The first-order chi connectivity index (χ1) is 12.8. The molecule has 3 aromatic carbocycles. The van der Waals surface area contributed by atoms with Crippen LogP contribution in [0.15, 0.2) is 78.9 Å². The van der Waals surface area contributed by atoms with Crippen LogP contribution in [0, 0.1) is 0 Å². The van der Waals surface area contributed by atoms with Crippen LogP contribution in [0.25, 0.3) is 28.1 Å². The fourth-order valence-electron chi connectivity index (χ4n) is 3.47. The minimum atomic E-state index is 0.974. The summed E-state index contributed by atoms with van der Waals surface area (Å²) in [6.07, 6.45) is 0. The van der Waals surface area contributed by atoms with Crippen molar-refractivity contribution >= 4 is 16.7 Å². The molecule has 0 atom stereocenters. The van der Waals surface area contributed by atoms with Crippen molar-refractivity contribution < 1.29 is 0 Å². The molecule has 3 heteroatoms. The molecular weight excluding hydrogens is 318 g/mol. The molecule has 0 spiro atoms. The van der Waals surface area contributed by atoms with Gasteiger partial charge >= 0.3 is 0 Å². The van der Waals surface area contributed by atoms with Gasteiger partial charge in [-0.15, -0.1) is 0 Å². The highest BCUT2D eigenvalue weighted by Crippen LogP contribution is 2.29. The molecular formula is C23H23N3. The first-order valence-electron chi connectivity index (χ1n) is 9.20. The van der Waals surface area contributed by atoms with E-state index in [-0.39, 0.29) is 0 Å². The van der Waals surface area contributed by atoms with Gasteiger partial charge in [-0.25, -0.2) is 4.98 Å². The maximum atomic E-state index is 4.90. The Kier molecular flexibility index (Phi) is 4.44. The van der Waals surface area contributed by atoms with E-state index in [0.29, 0.717) is 0 Å². The second kappa shape index (κ2) is 7.04. The van der Waals surface area contributed by atoms with Crippen LogP contribution >= 0.6 is 0 Å². The van der Waals surface area contributed by atoms with Crippen LogP contribution in [0.5, 0.6) is 0 Å². The molecule has 0 aliphatic heterocycles. The molecule has 0 fully saturated rings. The highest BCUT2D eigenvalue weighted by atomic mass is 15.1. The number of imidazole rings is 1. The number of anilines is 1. The normalized spacial score (nSPS) is 11.0. The van der Waals surface area contributed by atoms with Crippen molar-refractivity contribution in [3.63, 3.8) is 0 Å². The highest BCUT2D eigenvalue weighted by Gasteiger charge is 2.14. The van der Waals surface area contributed by atoms with Crippen LogP contribution in [0.2, 0.25) is 0 Å². The van der Waals surface area contributed by atoms with E-state index in [0.717, 1.165) is 41.2 Å². The van der Waals surface area contributed by atoms with Gasteiger partial charge in [-0.1, -0.05) is 42.5 Å². The Morgan fingerprint density at radius 1 is 0.769 bits per heavy atom. The van der Waals surface area contributed by atoms with E-state index < -0.39 is 0 Å². The van der Waals surface area contributed by atoms with Crippen LogP contribution in [-0.2, 0) is 0 Å². The van der Waals surface area contributed by atoms with E-state index in [4.69, 9.17) is 4.98 Å². The molecule has 130 valence electrons. The zero-order chi connectivity index (χ0) is 17.9. The molecule has 1 aromatic heterocycles. The molecule has 4 aromatic rings. The Hall–Kier alpha value is -3.07. The van der Waals surface area contributed by atoms with Gasteiger partial charge in [-0.2, -0.15) is 0 Å². The van der Waals surface area contributed by atoms with Gasteiger partial charge in [0.05, 0.1) is 11.0 Å². The molecule has 0 saturated heterocycles. The average Bonchev–Trinajstić information content (AvgIpc) is 3.10. The smallest absolute Gasteiger partial charge is 0.145 e. The zero-order valence-electron chi connectivity index (χ0n) is 15.3. The molecule has 0 amide bonds. The van der Waals surface area contributed by atoms with Gasteiger partial charge in [0.2, 0.25) is 0 Å². The number of benzene rings is 3. The minimum absolute atomic E-state index is 0.974. The molecule has 4 rings (SSSR count). The van der Waals surface area contributed by atoms with Crippen LogP contribution in [-0.4, -0.2) is 22.6 Å². The fraction of sp³-hybridized carbons (Fsp3) is 0.174. The molecule has 0 radical (unpaired) electrons. The van der Waals surface area contributed by atoms with Crippen LogP contribution in [0.3, 0.4) is 0 Å². The van der Waals surface area contributed by atoms with Gasteiger partial charge in [0.25, 0.3) is 0 Å². The standard InChI is InChI=1S/C23H23N3/c1-3-25(4-2)19-14-16-20(17-15-19)26-22-13-9-8-12-21(22)24-23(26)18-10-6-5-7-11-18/h5-17H,3-4H2,1-2H3. The monoisotopic (exact) mass is 341 g/mol. The average molecular weight is 341 g/mol. The topological polar surface area (TPSA) is 21.1 Å². The van der Waals surface area contributed by atoms with Crippen molar-refractivity contribution in [2.45, 2.75) is 13.8 Å². The van der Waals surface area contributed by atoms with Gasteiger partial charge in [0.15, 0.2) is 0 Å². The lowest BCUT2D eigenvalue weighted by Gasteiger charge is -2.21. The highest BCUT2D eigenvalue weighted by molar-refractivity contribution is 5.83. The molecule has 26 heavy (non-hydrogen) atoms. The number of aromatic nitrogens is 2. The maximum absolute atomic E-state index is 4.90. The summed E-state index contributed by atoms with van der Waals surface area (Å²) in [7, 11) is 0. The van der Waals surface area contributed by atoms with Gasteiger partial charge < -0.3 is 4.90 Å². The second-order valence-corrected chi connectivity index (χ2v) is 6.31. The number of nitrogens with zero attached hydrogens (tertiary/aromatic N) is 3. The first-order valence-corrected chi connectivity index (χ1v) is 9.20. The summed E-state index contributed by atoms with van der Waals surface area (Å²) in [5.41, 5.74) is 5.65. The Labute approximate surface area is 154 Å². The van der Waals surface area contributed by atoms with Gasteiger partial charge in [-0.3, -0.25) is 4.57 Å². The van der Waals surface area contributed by atoms with Crippen molar-refractivity contribution in [3.05, 3.63) is 78.9 Å². The summed E-state index contributed by atoms with van der Waals surface area (Å²) in [6.45, 7) is 6.40. The van der Waals surface area contributed by atoms with Crippen molar-refractivity contribution in [2.75, 3.05) is 18.0 Å². The third-order valence-corrected chi connectivity index (χ3v) is 4.83. The Morgan fingerprint density at radius 2 is 1.42 bits per heavy atom. The SMILES string of the molecule is CCN(CC)c1ccc(-n2c(-c3ccccc3)nc3ccccc32)cc1. The summed E-state index contributed by atoms with van der Waals surface area (Å²) < 4.78 is 2.25. The Balaban J connectivity index is 1.88. The van der Waals surface area contributed by atoms with Gasteiger partial charge in [0.1, 0.15) is 5.82 Å². The molecule has 0 saturated carbocycles. The lowest BCUT2D eigenvalue weighted by molar-refractivity contribution is 0.866. The van der Waals surface area contributed by atoms with E-state index in [2.05, 4.69) is 90.0 Å². The Bertz CT molecular complexity index is 997. The zero-order valence-corrected chi connectivity index (χ0v) is 15.3. The molecule has 1 heterocycles. The predicted molar refractivity (Wildman–Crippen MR) is 110 cm³/mol. The number of hydrogen-bond acceptors (Lipinski definition) is 2. The second-order valence-electron chi connectivity index (χ2n) is 6.31. The van der Waals surface area contributed by atoms with Crippen LogP contribution in [0.1, 0.15) is 13.8 Å². The quantitative estimate of drug-likeness (QED) is 0.475. The predicted octanol–water partition coefficient (Wildman–Crippen LogP) is 5.54. The summed E-state index contributed by atoms with van der Waals surface area (Å²) >= 11 is 0. The lowest BCUT2D eigenvalue weighted by Crippen LogP contribution is -2.21. The van der Waals surface area contributed by atoms with E-state index in [1.165, 1.54) is 5.69 Å². The third-order valence-electron chi connectivity index (χ3n) is 4.83. The van der Waals surface area contributed by atoms with E-state index in [9.17, 15) is 0 Å². The number of rotatable bonds is 5. The van der Waals surface area contributed by atoms with Crippen LogP contribution in [0.4, 0.5) is 5.69 Å². The number of para-hydroxylation sites is 2. The van der Waals surface area contributed by atoms with Crippen molar-refractivity contribution in [1.82, 2.24) is 9.55 Å². The van der Waals surface area contributed by atoms with Crippen molar-refractivity contribution in [1.29, 1.82) is 0 Å². The summed E-state index contributed by atoms with van der Waals surface area (Å²) in [4.78, 5) is 7.26. The van der Waals surface area contributed by atoms with E-state index in [1.54, 1.807) is 0 Å². The molecule has 3 nitrogen and oxygen atoms in total. The first kappa shape index (κ1) is 16.4. The summed E-state index contributed by atoms with van der Waals surface area (Å²) in [6, 6.07) is 27.5. The third kappa shape index (κ3) is 2.86. The maximum Gasteiger partial charge on any atom is 0.145 e. The minimum Gasteiger partial charge on any atom is -0.372 e. The molecule has 0 bridgehead atoms. The van der Waals surface area contributed by atoms with E-state index >= 15 is 0 Å². The van der Waals surface area contributed by atoms with Crippen LogP contribution < -0.4 is 4.90 Å². The fourth-order valence-corrected chi connectivity index (χ4v) is 3.47. The Morgan fingerprint density at radius 3 is 2.12 bits per heavy atom. The molecule has 0 unspecified atom stereocenters. The lowest BCUT2D eigenvalue weighted by atomic mass is 10.2. The van der Waals surface area contributed by atoms with Crippen molar-refractivity contribution in [3.8, 4) is 17.1 Å². The molecule has 0 aliphatic rings. The van der Waals surface area contributed by atoms with E-state index in [1.807, 2.05) is 12.1 Å².